The third-order valence-electron chi connectivity index (χ3n) is 5.81. The number of thioether (sulfide) groups is 1. The summed E-state index contributed by atoms with van der Waals surface area (Å²) in [5.74, 6) is 0.445. The number of benzene rings is 3. The van der Waals surface area contributed by atoms with Crippen LogP contribution in [0.4, 0.5) is 26.3 Å². The van der Waals surface area contributed by atoms with Crippen LogP contribution >= 0.6 is 11.8 Å². The topological polar surface area (TPSA) is 40.5 Å². The van der Waals surface area contributed by atoms with Gasteiger partial charge in [-0.2, -0.15) is 38.1 Å². The Hall–Kier alpha value is -2.98. The molecule has 0 aromatic heterocycles. The average molecular weight is 556 g/mol. The van der Waals surface area contributed by atoms with Gasteiger partial charge < -0.3 is 5.11 Å². The van der Waals surface area contributed by atoms with E-state index in [0.29, 0.717) is 18.5 Å². The van der Waals surface area contributed by atoms with Crippen molar-refractivity contribution in [3.63, 3.8) is 0 Å². The zero-order valence-electron chi connectivity index (χ0n) is 20.6. The van der Waals surface area contributed by atoms with Gasteiger partial charge in [-0.1, -0.05) is 42.0 Å². The smallest absolute Gasteiger partial charge is 0.416 e. The SMILES string of the molecule is Cc1ccc(CSCCCN(Cc2ccc(C(=O)O)cc2)Cc2cc(C(F)(F)F)cc(C(F)(F)F)c2)cc1. The Balaban J connectivity index is 1.75. The molecule has 3 aromatic carbocycles. The van der Waals surface area contributed by atoms with Crippen molar-refractivity contribution < 1.29 is 36.2 Å². The molecule has 0 unspecified atom stereocenters. The van der Waals surface area contributed by atoms with Crippen LogP contribution < -0.4 is 0 Å². The fraction of sp³-hybridized carbons (Fsp3) is 0.321. The summed E-state index contributed by atoms with van der Waals surface area (Å²) >= 11 is 1.69. The van der Waals surface area contributed by atoms with Crippen molar-refractivity contribution in [1.29, 1.82) is 0 Å². The minimum Gasteiger partial charge on any atom is -0.478 e. The fourth-order valence-corrected chi connectivity index (χ4v) is 4.76. The van der Waals surface area contributed by atoms with E-state index in [9.17, 15) is 31.1 Å². The lowest BCUT2D eigenvalue weighted by atomic mass is 10.0. The number of halogens is 6. The molecule has 0 atom stereocenters. The van der Waals surface area contributed by atoms with Gasteiger partial charge in [0, 0.05) is 18.8 Å². The van der Waals surface area contributed by atoms with Crippen LogP contribution in [0.3, 0.4) is 0 Å². The van der Waals surface area contributed by atoms with Crippen molar-refractivity contribution >= 4 is 17.7 Å². The van der Waals surface area contributed by atoms with Crippen LogP contribution in [0.15, 0.2) is 66.7 Å². The number of aryl methyl sites for hydroxylation is 1. The van der Waals surface area contributed by atoms with Crippen LogP contribution in [0.5, 0.6) is 0 Å². The van der Waals surface area contributed by atoms with E-state index < -0.39 is 29.4 Å². The Morgan fingerprint density at radius 3 is 1.84 bits per heavy atom. The number of carboxylic acids is 1. The molecule has 0 aliphatic rings. The summed E-state index contributed by atoms with van der Waals surface area (Å²) in [7, 11) is 0. The summed E-state index contributed by atoms with van der Waals surface area (Å²) in [4.78, 5) is 12.9. The monoisotopic (exact) mass is 555 g/mol. The van der Waals surface area contributed by atoms with Gasteiger partial charge in [-0.25, -0.2) is 4.79 Å². The second kappa shape index (κ2) is 12.7. The number of aromatic carboxylic acids is 1. The molecule has 0 heterocycles. The number of rotatable bonds is 11. The van der Waals surface area contributed by atoms with E-state index in [0.717, 1.165) is 29.2 Å². The van der Waals surface area contributed by atoms with Crippen LogP contribution in [-0.2, 0) is 31.2 Å². The van der Waals surface area contributed by atoms with Gasteiger partial charge in [0.1, 0.15) is 0 Å². The van der Waals surface area contributed by atoms with Gasteiger partial charge in [0.15, 0.2) is 0 Å². The van der Waals surface area contributed by atoms with E-state index in [1.54, 1.807) is 28.8 Å². The molecule has 0 saturated heterocycles. The first-order chi connectivity index (χ1) is 17.8. The Morgan fingerprint density at radius 2 is 1.32 bits per heavy atom. The van der Waals surface area contributed by atoms with Gasteiger partial charge >= 0.3 is 18.3 Å². The van der Waals surface area contributed by atoms with E-state index in [4.69, 9.17) is 5.11 Å². The lowest BCUT2D eigenvalue weighted by molar-refractivity contribution is -0.143. The van der Waals surface area contributed by atoms with Crippen molar-refractivity contribution in [2.24, 2.45) is 0 Å². The summed E-state index contributed by atoms with van der Waals surface area (Å²) in [6.45, 7) is 2.54. The minimum absolute atomic E-state index is 0.0838. The second-order valence-corrected chi connectivity index (χ2v) is 10.1. The van der Waals surface area contributed by atoms with Crippen molar-refractivity contribution in [3.05, 3.63) is 106 Å². The zero-order chi connectivity index (χ0) is 27.9. The Kier molecular flexibility index (Phi) is 9.89. The van der Waals surface area contributed by atoms with Gasteiger partial charge in [-0.05, 0) is 72.7 Å². The minimum atomic E-state index is -4.92. The molecule has 3 aromatic rings. The number of carboxylic acid groups (broad SMARTS) is 1. The average Bonchev–Trinajstić information content (AvgIpc) is 2.84. The molecule has 0 saturated carbocycles. The summed E-state index contributed by atoms with van der Waals surface area (Å²) in [5, 5.41) is 9.10. The standard InChI is InChI=1S/C28H27F6NO2S/c1-19-3-5-21(6-4-19)18-38-12-2-11-35(16-20-7-9-23(10-8-20)26(36)37)17-22-13-24(27(29,30)31)15-25(14-22)28(32,33)34/h3-10,13-15H,2,11-12,16-18H2,1H3,(H,36,37). The van der Waals surface area contributed by atoms with E-state index in [-0.39, 0.29) is 30.3 Å². The zero-order valence-corrected chi connectivity index (χ0v) is 21.4. The molecular weight excluding hydrogens is 528 g/mol. The van der Waals surface area contributed by atoms with Gasteiger partial charge in [-0.3, -0.25) is 4.90 Å². The first kappa shape index (κ1) is 29.6. The van der Waals surface area contributed by atoms with Gasteiger partial charge in [0.25, 0.3) is 0 Å². The predicted octanol–water partition coefficient (Wildman–Crippen LogP) is 8.06. The normalized spacial score (nSPS) is 12.2. The van der Waals surface area contributed by atoms with E-state index >= 15 is 0 Å². The number of hydrogen-bond donors (Lipinski definition) is 1. The molecule has 3 nitrogen and oxygen atoms in total. The van der Waals surface area contributed by atoms with E-state index in [1.165, 1.54) is 17.7 Å². The Bertz CT molecular complexity index is 1180. The molecule has 1 N–H and O–H groups in total. The fourth-order valence-electron chi connectivity index (χ4n) is 3.86. The van der Waals surface area contributed by atoms with Crippen LogP contribution in [0, 0.1) is 6.92 Å². The molecule has 38 heavy (non-hydrogen) atoms. The highest BCUT2D eigenvalue weighted by Gasteiger charge is 2.37. The number of hydrogen-bond acceptors (Lipinski definition) is 3. The molecule has 0 spiro atoms. The molecule has 0 aliphatic heterocycles. The highest BCUT2D eigenvalue weighted by molar-refractivity contribution is 7.98. The van der Waals surface area contributed by atoms with Gasteiger partial charge in [0.05, 0.1) is 16.7 Å². The van der Waals surface area contributed by atoms with Crippen molar-refractivity contribution in [1.82, 2.24) is 4.90 Å². The van der Waals surface area contributed by atoms with Crippen LogP contribution in [0.2, 0.25) is 0 Å². The predicted molar refractivity (Wildman–Crippen MR) is 136 cm³/mol. The maximum absolute atomic E-state index is 13.3. The molecule has 0 radical (unpaired) electrons. The molecule has 0 fully saturated rings. The van der Waals surface area contributed by atoms with Gasteiger partial charge in [-0.15, -0.1) is 0 Å². The highest BCUT2D eigenvalue weighted by atomic mass is 32.2. The molecule has 0 amide bonds. The molecule has 0 bridgehead atoms. The third kappa shape index (κ3) is 9.09. The first-order valence-corrected chi connectivity index (χ1v) is 12.9. The Morgan fingerprint density at radius 1 is 0.789 bits per heavy atom. The lowest BCUT2D eigenvalue weighted by Gasteiger charge is -2.24. The maximum Gasteiger partial charge on any atom is 0.416 e. The molecule has 0 aliphatic carbocycles. The van der Waals surface area contributed by atoms with Crippen LogP contribution in [0.25, 0.3) is 0 Å². The molecule has 10 heteroatoms. The van der Waals surface area contributed by atoms with Crippen LogP contribution in [0.1, 0.15) is 50.2 Å². The molecule has 3 rings (SSSR count). The summed E-state index contributed by atoms with van der Waals surface area (Å²) in [5.41, 5.74) is 0.324. The van der Waals surface area contributed by atoms with E-state index in [2.05, 4.69) is 0 Å². The summed E-state index contributed by atoms with van der Waals surface area (Å²) < 4.78 is 80.0. The van der Waals surface area contributed by atoms with Crippen molar-refractivity contribution in [2.45, 2.75) is 44.5 Å². The number of alkyl halides is 6. The Labute approximate surface area is 221 Å². The van der Waals surface area contributed by atoms with Crippen molar-refractivity contribution in [2.75, 3.05) is 12.3 Å². The van der Waals surface area contributed by atoms with Crippen LogP contribution in [-0.4, -0.2) is 28.3 Å². The molecule has 204 valence electrons. The third-order valence-corrected chi connectivity index (χ3v) is 6.93. The maximum atomic E-state index is 13.3. The lowest BCUT2D eigenvalue weighted by Crippen LogP contribution is -2.25. The summed E-state index contributed by atoms with van der Waals surface area (Å²) in [6, 6.07) is 15.8. The molecular formula is C28H27F6NO2S. The highest BCUT2D eigenvalue weighted by Crippen LogP contribution is 2.36. The quantitative estimate of drug-likeness (QED) is 0.192. The van der Waals surface area contributed by atoms with Gasteiger partial charge in [0.2, 0.25) is 0 Å². The number of carbonyl (C=O) groups is 1. The number of nitrogens with zero attached hydrogens (tertiary/aromatic N) is 1. The largest absolute Gasteiger partial charge is 0.478 e. The van der Waals surface area contributed by atoms with E-state index in [1.807, 2.05) is 31.2 Å². The van der Waals surface area contributed by atoms with Crippen molar-refractivity contribution in [3.8, 4) is 0 Å². The summed E-state index contributed by atoms with van der Waals surface area (Å²) in [6.07, 6.45) is -9.17. The first-order valence-electron chi connectivity index (χ1n) is 11.8. The second-order valence-electron chi connectivity index (χ2n) is 9.02.